The fraction of sp³-hybridized carbons (Fsp3) is 0.273. The smallest absolute Gasteiger partial charge is 0.281 e. The van der Waals surface area contributed by atoms with Crippen LogP contribution in [-0.4, -0.2) is 17.2 Å². The molecule has 1 amide bonds. The standard InChI is InChI=1S/C22H22N2O2/c25-21(24-23-15-18-14-16-11-12-17(18)13-16)22(26,19-7-3-1-4-8-19)20-9-5-2-6-10-20/h1-12,15-18,26H,13-14H2,(H,24,25)/b23-15-/t16-,17-,18-/m0/s1. The predicted octanol–water partition coefficient (Wildman–Crippen LogP) is 3.24. The molecule has 0 radical (unpaired) electrons. The van der Waals surface area contributed by atoms with Crippen molar-refractivity contribution < 1.29 is 9.90 Å². The van der Waals surface area contributed by atoms with Crippen LogP contribution in [0.3, 0.4) is 0 Å². The summed E-state index contributed by atoms with van der Waals surface area (Å²) in [6.07, 6.45) is 8.61. The molecule has 132 valence electrons. The number of carbonyl (C=O) groups is 1. The Hall–Kier alpha value is -2.72. The lowest BCUT2D eigenvalue weighted by molar-refractivity contribution is -0.136. The molecule has 2 aliphatic carbocycles. The fourth-order valence-corrected chi connectivity index (χ4v) is 4.05. The SMILES string of the molecule is O=C(N/N=C\[C@@H]1C[C@H]2C=C[C@H]1C2)C(O)(c1ccccc1)c1ccccc1. The first-order valence-corrected chi connectivity index (χ1v) is 9.03. The Labute approximate surface area is 153 Å². The van der Waals surface area contributed by atoms with Crippen LogP contribution in [0, 0.1) is 17.8 Å². The molecule has 4 rings (SSSR count). The summed E-state index contributed by atoms with van der Waals surface area (Å²) in [7, 11) is 0. The molecule has 4 heteroatoms. The van der Waals surface area contributed by atoms with E-state index in [0.717, 1.165) is 6.42 Å². The zero-order valence-electron chi connectivity index (χ0n) is 14.5. The number of carbonyl (C=O) groups excluding carboxylic acids is 1. The van der Waals surface area contributed by atoms with Gasteiger partial charge in [-0.15, -0.1) is 0 Å². The highest BCUT2D eigenvalue weighted by Gasteiger charge is 2.40. The Bertz CT molecular complexity index is 790. The van der Waals surface area contributed by atoms with E-state index in [9.17, 15) is 9.90 Å². The van der Waals surface area contributed by atoms with E-state index in [4.69, 9.17) is 0 Å². The summed E-state index contributed by atoms with van der Waals surface area (Å²) in [5.41, 5.74) is 1.81. The Morgan fingerprint density at radius 3 is 2.12 bits per heavy atom. The van der Waals surface area contributed by atoms with E-state index >= 15 is 0 Å². The van der Waals surface area contributed by atoms with E-state index in [-0.39, 0.29) is 0 Å². The van der Waals surface area contributed by atoms with Crippen LogP contribution < -0.4 is 5.43 Å². The highest BCUT2D eigenvalue weighted by atomic mass is 16.3. The van der Waals surface area contributed by atoms with Crippen LogP contribution in [0.25, 0.3) is 0 Å². The quantitative estimate of drug-likeness (QED) is 0.496. The lowest BCUT2D eigenvalue weighted by atomic mass is 9.85. The summed E-state index contributed by atoms with van der Waals surface area (Å²) in [6.45, 7) is 0. The van der Waals surface area contributed by atoms with Crippen LogP contribution in [0.15, 0.2) is 77.9 Å². The lowest BCUT2D eigenvalue weighted by Crippen LogP contribution is -2.43. The summed E-state index contributed by atoms with van der Waals surface area (Å²) in [5.74, 6) is 0.997. The minimum atomic E-state index is -1.78. The van der Waals surface area contributed by atoms with E-state index in [2.05, 4.69) is 22.7 Å². The molecule has 26 heavy (non-hydrogen) atoms. The minimum absolute atomic E-state index is 0.367. The average molecular weight is 346 g/mol. The third-order valence-electron chi connectivity index (χ3n) is 5.47. The maximum Gasteiger partial charge on any atom is 0.281 e. The first kappa shape index (κ1) is 16.7. The zero-order valence-corrected chi connectivity index (χ0v) is 14.5. The van der Waals surface area contributed by atoms with Gasteiger partial charge in [0.2, 0.25) is 0 Å². The van der Waals surface area contributed by atoms with Crippen LogP contribution >= 0.6 is 0 Å². The van der Waals surface area contributed by atoms with E-state index < -0.39 is 11.5 Å². The summed E-state index contributed by atoms with van der Waals surface area (Å²) in [6, 6.07) is 17.9. The highest BCUT2D eigenvalue weighted by molar-refractivity contribution is 5.90. The molecule has 3 atom stereocenters. The number of hydrogen-bond acceptors (Lipinski definition) is 3. The van der Waals surface area contributed by atoms with Gasteiger partial charge < -0.3 is 5.11 Å². The zero-order chi connectivity index (χ0) is 18.0. The predicted molar refractivity (Wildman–Crippen MR) is 101 cm³/mol. The molecule has 1 saturated carbocycles. The maximum absolute atomic E-state index is 12.9. The number of nitrogens with one attached hydrogen (secondary N) is 1. The second kappa shape index (κ2) is 6.89. The van der Waals surface area contributed by atoms with Gasteiger partial charge in [0.25, 0.3) is 5.91 Å². The number of hydrazone groups is 1. The summed E-state index contributed by atoms with van der Waals surface area (Å²) < 4.78 is 0. The Balaban J connectivity index is 1.56. The number of amides is 1. The van der Waals surface area contributed by atoms with Crippen molar-refractivity contribution in [2.75, 3.05) is 0 Å². The Kier molecular flexibility index (Phi) is 4.43. The van der Waals surface area contributed by atoms with Crippen molar-refractivity contribution in [1.82, 2.24) is 5.43 Å². The number of hydrogen-bond donors (Lipinski definition) is 2. The molecule has 0 aromatic heterocycles. The molecule has 0 heterocycles. The summed E-state index contributed by atoms with van der Waals surface area (Å²) in [4.78, 5) is 12.9. The van der Waals surface area contributed by atoms with Gasteiger partial charge in [-0.2, -0.15) is 5.10 Å². The van der Waals surface area contributed by atoms with Crippen molar-refractivity contribution >= 4 is 12.1 Å². The monoisotopic (exact) mass is 346 g/mol. The molecule has 2 bridgehead atoms. The van der Waals surface area contributed by atoms with Gasteiger partial charge in [-0.25, -0.2) is 5.43 Å². The van der Waals surface area contributed by atoms with Gasteiger partial charge in [-0.1, -0.05) is 72.8 Å². The molecule has 0 unspecified atom stereocenters. The van der Waals surface area contributed by atoms with E-state index in [1.54, 1.807) is 48.5 Å². The average Bonchev–Trinajstić information content (AvgIpc) is 3.32. The molecule has 4 nitrogen and oxygen atoms in total. The van der Waals surface area contributed by atoms with Gasteiger partial charge in [-0.05, 0) is 35.8 Å². The Morgan fingerprint density at radius 1 is 1.00 bits per heavy atom. The molecule has 1 fully saturated rings. The minimum Gasteiger partial charge on any atom is -0.372 e. The van der Waals surface area contributed by atoms with Gasteiger partial charge in [0, 0.05) is 12.1 Å². The number of aliphatic hydroxyl groups is 1. The molecule has 0 aliphatic heterocycles. The van der Waals surface area contributed by atoms with Crippen LogP contribution in [-0.2, 0) is 10.4 Å². The van der Waals surface area contributed by atoms with E-state index in [1.807, 2.05) is 18.3 Å². The van der Waals surface area contributed by atoms with Gasteiger partial charge in [0.05, 0.1) is 0 Å². The van der Waals surface area contributed by atoms with Crippen LogP contribution in [0.4, 0.5) is 0 Å². The molecule has 2 aliphatic rings. The van der Waals surface area contributed by atoms with Crippen LogP contribution in [0.5, 0.6) is 0 Å². The van der Waals surface area contributed by atoms with Gasteiger partial charge in [-0.3, -0.25) is 4.79 Å². The molecular formula is C22H22N2O2. The molecule has 2 N–H and O–H groups in total. The molecular weight excluding hydrogens is 324 g/mol. The first-order chi connectivity index (χ1) is 12.7. The molecule has 2 aromatic carbocycles. The molecule has 0 spiro atoms. The first-order valence-electron chi connectivity index (χ1n) is 9.03. The molecule has 0 saturated heterocycles. The van der Waals surface area contributed by atoms with Crippen molar-refractivity contribution in [2.45, 2.75) is 18.4 Å². The second-order valence-electron chi connectivity index (χ2n) is 7.11. The van der Waals surface area contributed by atoms with Crippen molar-refractivity contribution in [3.8, 4) is 0 Å². The van der Waals surface area contributed by atoms with E-state index in [0.29, 0.717) is 28.9 Å². The van der Waals surface area contributed by atoms with Crippen molar-refractivity contribution in [3.05, 3.63) is 83.9 Å². The topological polar surface area (TPSA) is 61.7 Å². The maximum atomic E-state index is 12.9. The van der Waals surface area contributed by atoms with Crippen LogP contribution in [0.1, 0.15) is 24.0 Å². The van der Waals surface area contributed by atoms with Crippen molar-refractivity contribution in [2.24, 2.45) is 22.9 Å². The van der Waals surface area contributed by atoms with E-state index in [1.165, 1.54) is 6.42 Å². The summed E-state index contributed by atoms with van der Waals surface area (Å²) in [5, 5.41) is 15.5. The fourth-order valence-electron chi connectivity index (χ4n) is 4.05. The Morgan fingerprint density at radius 2 is 1.62 bits per heavy atom. The number of fused-ring (bicyclic) bond motifs is 2. The summed E-state index contributed by atoms with van der Waals surface area (Å²) >= 11 is 0. The third-order valence-corrected chi connectivity index (χ3v) is 5.47. The number of benzene rings is 2. The van der Waals surface area contributed by atoms with Crippen molar-refractivity contribution in [1.29, 1.82) is 0 Å². The van der Waals surface area contributed by atoms with Gasteiger partial charge in [0.15, 0.2) is 5.60 Å². The normalized spacial score (nSPS) is 24.3. The van der Waals surface area contributed by atoms with Gasteiger partial charge in [0.1, 0.15) is 0 Å². The lowest BCUT2D eigenvalue weighted by Gasteiger charge is -2.27. The number of allylic oxidation sites excluding steroid dienone is 2. The largest absolute Gasteiger partial charge is 0.372 e. The third kappa shape index (κ3) is 2.97. The van der Waals surface area contributed by atoms with Crippen LogP contribution in [0.2, 0.25) is 0 Å². The van der Waals surface area contributed by atoms with Crippen molar-refractivity contribution in [3.63, 3.8) is 0 Å². The number of nitrogens with zero attached hydrogens (tertiary/aromatic N) is 1. The second-order valence-corrected chi connectivity index (χ2v) is 7.11. The molecule has 2 aromatic rings. The number of rotatable bonds is 5. The van der Waals surface area contributed by atoms with Gasteiger partial charge >= 0.3 is 0 Å². The highest BCUT2D eigenvalue weighted by Crippen LogP contribution is 2.42.